The van der Waals surface area contributed by atoms with Gasteiger partial charge in [0.05, 0.1) is 11.9 Å². The molecule has 1 aromatic rings. The van der Waals surface area contributed by atoms with E-state index in [1.165, 1.54) is 15.0 Å². The van der Waals surface area contributed by atoms with E-state index >= 15 is 0 Å². The van der Waals surface area contributed by atoms with Crippen LogP contribution in [0, 0.1) is 0 Å². The summed E-state index contributed by atoms with van der Waals surface area (Å²) in [6, 6.07) is 0. The van der Waals surface area contributed by atoms with Crippen molar-refractivity contribution in [2.45, 2.75) is 0 Å². The van der Waals surface area contributed by atoms with Gasteiger partial charge >= 0.3 is 0 Å². The summed E-state index contributed by atoms with van der Waals surface area (Å²) in [6.07, 6.45) is 7.23. The van der Waals surface area contributed by atoms with Crippen molar-refractivity contribution in [1.29, 1.82) is 0 Å². The van der Waals surface area contributed by atoms with Crippen LogP contribution in [-0.2, 0) is 12.8 Å². The van der Waals surface area contributed by atoms with Crippen LogP contribution in [-0.4, -0.2) is 5.10 Å². The first-order valence-corrected chi connectivity index (χ1v) is 4.44. The highest BCUT2D eigenvalue weighted by atomic mass is 32.2. The number of nitrogens with zero attached hydrogens (tertiary/aromatic N) is 2. The van der Waals surface area contributed by atoms with Crippen LogP contribution in [0.25, 0.3) is 5.70 Å². The van der Waals surface area contributed by atoms with Gasteiger partial charge in [0, 0.05) is 23.5 Å². The van der Waals surface area contributed by atoms with Crippen LogP contribution in [0.2, 0.25) is 0 Å². The predicted octanol–water partition coefficient (Wildman–Crippen LogP) is -0.297. The quantitative estimate of drug-likeness (QED) is 0.480. The fourth-order valence-corrected chi connectivity index (χ4v) is 1.71. The van der Waals surface area contributed by atoms with E-state index in [2.05, 4.69) is 15.7 Å². The second-order valence-corrected chi connectivity index (χ2v) is 3.69. The molecular weight excluding hydrogens is 192 g/mol. The lowest BCUT2D eigenvalue weighted by molar-refractivity contribution is -0.486. The van der Waals surface area contributed by atoms with E-state index in [1.807, 2.05) is 18.6 Å². The zero-order chi connectivity index (χ0) is 8.39. The molecule has 0 amide bonds. The van der Waals surface area contributed by atoms with E-state index in [0.717, 1.165) is 10.6 Å². The lowest BCUT2D eigenvalue weighted by atomic mass is 10.4. The zero-order valence-corrected chi connectivity index (χ0v) is 7.65. The Kier molecular flexibility index (Phi) is 1.92. The maximum absolute atomic E-state index is 4.83. The number of nitrogens with one attached hydrogen (secondary N) is 2. The topological polar surface area (TPSA) is 40.8 Å². The molecule has 62 valence electrons. The Labute approximate surface area is 79.3 Å². The van der Waals surface area contributed by atoms with Crippen LogP contribution in [0.15, 0.2) is 24.8 Å². The molecule has 0 radical (unpaired) electrons. The molecule has 6 heteroatoms. The van der Waals surface area contributed by atoms with Gasteiger partial charge in [-0.3, -0.25) is 0 Å². The van der Waals surface area contributed by atoms with E-state index in [9.17, 15) is 0 Å². The summed E-state index contributed by atoms with van der Waals surface area (Å²) in [5.74, 6) is 0. The summed E-state index contributed by atoms with van der Waals surface area (Å²) >= 11 is 6.24. The normalized spacial score (nSPS) is 14.8. The fourth-order valence-electron chi connectivity index (χ4n) is 0.844. The van der Waals surface area contributed by atoms with Gasteiger partial charge in [0.2, 0.25) is 0 Å². The van der Waals surface area contributed by atoms with Crippen LogP contribution in [0.5, 0.6) is 0 Å². The lowest BCUT2D eigenvalue weighted by Crippen LogP contribution is -2.22. The molecular formula is C6H6N4S2. The molecule has 1 aliphatic heterocycles. The highest BCUT2D eigenvalue weighted by Crippen LogP contribution is 2.12. The second-order valence-electron chi connectivity index (χ2n) is 2.14. The molecule has 0 bridgehead atoms. The van der Waals surface area contributed by atoms with E-state index in [-0.39, 0.29) is 0 Å². The first-order valence-electron chi connectivity index (χ1n) is 3.30. The van der Waals surface area contributed by atoms with Gasteiger partial charge in [-0.15, -0.1) is 3.48 Å². The summed E-state index contributed by atoms with van der Waals surface area (Å²) in [7, 11) is 0. The highest BCUT2D eigenvalue weighted by molar-refractivity contribution is 7.52. The molecule has 0 atom stereocenters. The smallest absolute Gasteiger partial charge is 0.0996 e. The van der Waals surface area contributed by atoms with Gasteiger partial charge in [-0.05, 0) is 29.4 Å². The van der Waals surface area contributed by atoms with Gasteiger partial charge in [-0.25, -0.2) is 0 Å². The van der Waals surface area contributed by atoms with Crippen LogP contribution >= 0.6 is 11.5 Å². The molecule has 0 unspecified atom stereocenters. The molecule has 2 heterocycles. The summed E-state index contributed by atoms with van der Waals surface area (Å²) in [4.78, 5) is 1.02. The standard InChI is InChI=1S/C6H6N4S2/c11-10-9-4-6(12-10)5-3-7-1-2-8-5/h1-4,7-8H. The second kappa shape index (κ2) is 3.08. The predicted molar refractivity (Wildman–Crippen MR) is 48.5 cm³/mol. The average molecular weight is 198 g/mol. The Morgan fingerprint density at radius 2 is 2.42 bits per heavy atom. The zero-order valence-electron chi connectivity index (χ0n) is 6.02. The molecule has 0 spiro atoms. The van der Waals surface area contributed by atoms with Gasteiger partial charge in [-0.1, -0.05) is 0 Å². The summed E-state index contributed by atoms with van der Waals surface area (Å²) in [5, 5.41) is 9.96. The Hall–Kier alpha value is -1.14. The highest BCUT2D eigenvalue weighted by Gasteiger charge is 2.04. The van der Waals surface area contributed by atoms with Crippen molar-refractivity contribution in [3.63, 3.8) is 0 Å². The van der Waals surface area contributed by atoms with Crippen molar-refractivity contribution in [2.75, 3.05) is 0 Å². The Bertz CT molecular complexity index is 341. The lowest BCUT2D eigenvalue weighted by Gasteiger charge is -2.08. The fraction of sp³-hybridized carbons (Fsp3) is 0. The molecule has 0 saturated carbocycles. The van der Waals surface area contributed by atoms with Crippen LogP contribution < -0.4 is 14.1 Å². The summed E-state index contributed by atoms with van der Waals surface area (Å²) < 4.78 is 1.40. The Morgan fingerprint density at radius 1 is 1.50 bits per heavy atom. The van der Waals surface area contributed by atoms with Crippen LogP contribution in [0.3, 0.4) is 0 Å². The summed E-state index contributed by atoms with van der Waals surface area (Å²) in [5.41, 5.74) is 0.985. The maximum atomic E-state index is 4.83. The number of hydrogen-bond donors (Lipinski definition) is 2. The largest absolute Gasteiger partial charge is 0.365 e. The van der Waals surface area contributed by atoms with E-state index in [1.54, 1.807) is 6.20 Å². The first kappa shape index (κ1) is 7.51. The molecule has 12 heavy (non-hydrogen) atoms. The third-order valence-corrected chi connectivity index (χ3v) is 2.45. The molecule has 4 nitrogen and oxygen atoms in total. The van der Waals surface area contributed by atoms with Crippen LogP contribution in [0.1, 0.15) is 4.88 Å². The minimum Gasteiger partial charge on any atom is -0.365 e. The average Bonchev–Trinajstić information content (AvgIpc) is 2.54. The SMILES string of the molecule is [S-][n+]1ncc(C2=CNC=CN2)s1. The minimum absolute atomic E-state index is 0.985. The molecule has 0 aliphatic carbocycles. The van der Waals surface area contributed by atoms with Crippen molar-refractivity contribution in [2.24, 2.45) is 0 Å². The number of hydrogen-bond acceptors (Lipinski definition) is 5. The monoisotopic (exact) mass is 198 g/mol. The van der Waals surface area contributed by atoms with Crippen molar-refractivity contribution >= 4 is 30.0 Å². The molecule has 1 aliphatic rings. The molecule has 0 saturated heterocycles. The van der Waals surface area contributed by atoms with Gasteiger partial charge in [0.25, 0.3) is 0 Å². The minimum atomic E-state index is 0.985. The molecule has 2 rings (SSSR count). The van der Waals surface area contributed by atoms with E-state index in [0.29, 0.717) is 0 Å². The number of aromatic nitrogens is 2. The maximum Gasteiger partial charge on any atom is 0.0996 e. The number of rotatable bonds is 1. The van der Waals surface area contributed by atoms with Crippen molar-refractivity contribution < 1.29 is 3.48 Å². The van der Waals surface area contributed by atoms with E-state index in [4.69, 9.17) is 12.8 Å². The van der Waals surface area contributed by atoms with Gasteiger partial charge < -0.3 is 10.6 Å². The molecule has 0 fully saturated rings. The van der Waals surface area contributed by atoms with Crippen molar-refractivity contribution in [3.05, 3.63) is 29.7 Å². The molecule has 2 N–H and O–H groups in total. The molecule has 0 aromatic carbocycles. The molecule has 1 aromatic heterocycles. The van der Waals surface area contributed by atoms with Crippen molar-refractivity contribution in [3.8, 4) is 0 Å². The third kappa shape index (κ3) is 1.39. The van der Waals surface area contributed by atoms with Crippen molar-refractivity contribution in [1.82, 2.24) is 15.7 Å². The first-order chi connectivity index (χ1) is 5.86. The van der Waals surface area contributed by atoms with Gasteiger partial charge in [0.15, 0.2) is 0 Å². The van der Waals surface area contributed by atoms with Gasteiger partial charge in [-0.2, -0.15) is 0 Å². The van der Waals surface area contributed by atoms with Gasteiger partial charge in [0.1, 0.15) is 0 Å². The summed E-state index contributed by atoms with van der Waals surface area (Å²) in [6.45, 7) is 0. The Morgan fingerprint density at radius 3 is 3.00 bits per heavy atom. The Balaban J connectivity index is 2.25. The third-order valence-electron chi connectivity index (χ3n) is 1.36. The van der Waals surface area contributed by atoms with E-state index < -0.39 is 0 Å². The van der Waals surface area contributed by atoms with Crippen LogP contribution in [0.4, 0.5) is 0 Å².